The normalized spacial score (nSPS) is 29.8. The van der Waals surface area contributed by atoms with Gasteiger partial charge in [0.25, 0.3) is 5.91 Å². The molecule has 3 amide bonds. The first-order valence-corrected chi connectivity index (χ1v) is 17.5. The van der Waals surface area contributed by atoms with Crippen LogP contribution < -0.4 is 10.2 Å². The second kappa shape index (κ2) is 14.4. The molecule has 0 aromatic heterocycles. The van der Waals surface area contributed by atoms with Gasteiger partial charge in [0, 0.05) is 36.3 Å². The first-order valence-electron chi connectivity index (χ1n) is 16.7. The average Bonchev–Trinajstić information content (AvgIpc) is 3.67. The molecule has 0 unspecified atom stereocenters. The Labute approximate surface area is 289 Å². The Bertz CT molecular complexity index is 1630. The van der Waals surface area contributed by atoms with Gasteiger partial charge in [0.2, 0.25) is 11.8 Å². The number of fused-ring (bicyclic) bond motifs is 2. The minimum absolute atomic E-state index is 0.0379. The van der Waals surface area contributed by atoms with Gasteiger partial charge >= 0.3 is 5.97 Å². The molecule has 2 aromatic carbocycles. The Morgan fingerprint density at radius 1 is 1.00 bits per heavy atom. The van der Waals surface area contributed by atoms with Crippen LogP contribution in [-0.2, 0) is 28.7 Å². The van der Waals surface area contributed by atoms with Crippen LogP contribution in [0.2, 0.25) is 0 Å². The maximum Gasteiger partial charge on any atom is 0.306 e. The number of halogens is 1. The monoisotopic (exact) mass is 719 g/mol. The molecule has 6 rings (SSSR count). The fourth-order valence-electron chi connectivity index (χ4n) is 7.49. The number of hydrogen-bond donors (Lipinski definition) is 2. The number of likely N-dealkylation sites (tertiary alicyclic amines) is 1. The highest BCUT2D eigenvalue weighted by molar-refractivity contribution is 9.11. The summed E-state index contributed by atoms with van der Waals surface area (Å²) in [5.74, 6) is -3.31. The number of carbonyl (C=O) groups is 4. The van der Waals surface area contributed by atoms with Gasteiger partial charge in [0.15, 0.2) is 0 Å². The molecule has 254 valence electrons. The first kappa shape index (κ1) is 34.1. The van der Waals surface area contributed by atoms with E-state index in [0.717, 1.165) is 16.7 Å². The minimum Gasteiger partial charge on any atom is -0.463 e. The van der Waals surface area contributed by atoms with Crippen LogP contribution in [0.15, 0.2) is 71.2 Å². The third kappa shape index (κ3) is 6.35. The van der Waals surface area contributed by atoms with Crippen LogP contribution in [0, 0.1) is 25.7 Å². The number of aliphatic hydroxyl groups is 1. The number of anilines is 1. The SMILES string of the molecule is Cc1ccc(C)c(N2C/C=C\CCC(=O)OC[C@@H](c3ccccc3)NC(=O)[C@@H]3[C@H]4O[C@@]5(C=C4Br)[C@H](C2=O)N(CCCCCO)C(=O)[C@@H]35)c1. The van der Waals surface area contributed by atoms with Crippen LogP contribution in [-0.4, -0.2) is 77.7 Å². The van der Waals surface area contributed by atoms with Gasteiger partial charge in [-0.1, -0.05) is 70.5 Å². The summed E-state index contributed by atoms with van der Waals surface area (Å²) in [4.78, 5) is 60.0. The molecule has 0 radical (unpaired) electrons. The van der Waals surface area contributed by atoms with Crippen molar-refractivity contribution in [1.82, 2.24) is 10.2 Å². The van der Waals surface area contributed by atoms with E-state index in [1.54, 1.807) is 9.80 Å². The highest BCUT2D eigenvalue weighted by atomic mass is 79.9. The van der Waals surface area contributed by atoms with E-state index in [0.29, 0.717) is 35.9 Å². The molecule has 2 N–H and O–H groups in total. The summed E-state index contributed by atoms with van der Waals surface area (Å²) in [7, 11) is 0. The minimum atomic E-state index is -1.38. The van der Waals surface area contributed by atoms with Gasteiger partial charge in [0.1, 0.15) is 24.4 Å². The maximum absolute atomic E-state index is 15.1. The van der Waals surface area contributed by atoms with E-state index < -0.39 is 47.5 Å². The van der Waals surface area contributed by atoms with Crippen LogP contribution in [0.4, 0.5) is 5.69 Å². The largest absolute Gasteiger partial charge is 0.463 e. The number of unbranched alkanes of at least 4 members (excludes halogenated alkanes) is 2. The van der Waals surface area contributed by atoms with Crippen LogP contribution in [0.25, 0.3) is 0 Å². The van der Waals surface area contributed by atoms with Crippen LogP contribution >= 0.6 is 15.9 Å². The zero-order chi connectivity index (χ0) is 34.0. The van der Waals surface area contributed by atoms with Crippen LogP contribution in [0.1, 0.15) is 54.8 Å². The molecule has 1 spiro atoms. The predicted molar refractivity (Wildman–Crippen MR) is 183 cm³/mol. The Morgan fingerprint density at radius 2 is 1.79 bits per heavy atom. The number of cyclic esters (lactones) is 1. The number of nitrogens with zero attached hydrogens (tertiary/aromatic N) is 2. The molecule has 4 heterocycles. The Balaban J connectivity index is 1.45. The lowest BCUT2D eigenvalue weighted by Gasteiger charge is -2.36. The molecule has 2 fully saturated rings. The molecule has 6 atom stereocenters. The number of aliphatic hydroxyl groups excluding tert-OH is 1. The Hall–Kier alpha value is -3.80. The number of nitrogens with one attached hydrogen (secondary N) is 1. The van der Waals surface area contributed by atoms with Crippen molar-refractivity contribution in [2.45, 2.75) is 69.7 Å². The molecule has 0 saturated carbocycles. The van der Waals surface area contributed by atoms with Crippen molar-refractivity contribution >= 4 is 45.3 Å². The number of rotatable bonds is 7. The maximum atomic E-state index is 15.1. The van der Waals surface area contributed by atoms with Gasteiger partial charge in [-0.15, -0.1) is 0 Å². The van der Waals surface area contributed by atoms with E-state index in [4.69, 9.17) is 9.47 Å². The summed E-state index contributed by atoms with van der Waals surface area (Å²) in [6, 6.07) is 13.5. The summed E-state index contributed by atoms with van der Waals surface area (Å²) < 4.78 is 12.9. The van der Waals surface area contributed by atoms with E-state index in [2.05, 4.69) is 21.2 Å². The summed E-state index contributed by atoms with van der Waals surface area (Å²) >= 11 is 3.63. The summed E-state index contributed by atoms with van der Waals surface area (Å²) in [6.07, 6.45) is 7.16. The average molecular weight is 721 g/mol. The zero-order valence-electron chi connectivity index (χ0n) is 27.3. The van der Waals surface area contributed by atoms with Gasteiger partial charge in [0.05, 0.1) is 17.9 Å². The smallest absolute Gasteiger partial charge is 0.306 e. The molecule has 2 saturated heterocycles. The summed E-state index contributed by atoms with van der Waals surface area (Å²) in [6.45, 7) is 4.35. The van der Waals surface area contributed by atoms with Crippen molar-refractivity contribution in [2.75, 3.05) is 31.2 Å². The Morgan fingerprint density at radius 3 is 2.56 bits per heavy atom. The van der Waals surface area contributed by atoms with Crippen LogP contribution in [0.3, 0.4) is 0 Å². The van der Waals surface area contributed by atoms with E-state index >= 15 is 4.79 Å². The number of benzene rings is 2. The van der Waals surface area contributed by atoms with E-state index in [-0.39, 0.29) is 44.5 Å². The van der Waals surface area contributed by atoms with Gasteiger partial charge in [-0.05, 0) is 68.4 Å². The Kier molecular flexibility index (Phi) is 10.2. The number of ether oxygens (including phenoxy) is 2. The molecule has 10 nitrogen and oxygen atoms in total. The highest BCUT2D eigenvalue weighted by Gasteiger charge is 2.74. The summed E-state index contributed by atoms with van der Waals surface area (Å²) in [5.41, 5.74) is 1.96. The van der Waals surface area contributed by atoms with Gasteiger partial charge < -0.3 is 29.7 Å². The van der Waals surface area contributed by atoms with Crippen molar-refractivity contribution in [2.24, 2.45) is 11.8 Å². The standard InChI is InChI=1S/C37H42BrN3O7/c1-23-15-16-24(2)28(20-23)40-17-9-4-8-14-29(43)47-22-27(25-12-6-3-7-13-25)39-34(44)30-31-35(45)41(18-10-5-11-19-42)33(36(40)46)37(31)21-26(38)32(30)48-37/h3-4,6-7,9,12-13,15-16,20-21,27,30-33,42H,5,8,10-11,14,17-19,22H2,1-2H3,(H,39,44)/b9-4-/t27-,30-,31+,32-,33-,37+/m0/s1. The van der Waals surface area contributed by atoms with Gasteiger partial charge in [-0.3, -0.25) is 19.2 Å². The molecule has 48 heavy (non-hydrogen) atoms. The van der Waals surface area contributed by atoms with Crippen molar-refractivity contribution in [1.29, 1.82) is 0 Å². The van der Waals surface area contributed by atoms with Crippen LogP contribution in [0.5, 0.6) is 0 Å². The first-order chi connectivity index (χ1) is 23.2. The second-order valence-electron chi connectivity index (χ2n) is 13.0. The molecule has 5 bridgehead atoms. The lowest BCUT2D eigenvalue weighted by Crippen LogP contribution is -2.56. The van der Waals surface area contributed by atoms with E-state index in [1.807, 2.05) is 80.6 Å². The number of allylic oxidation sites excluding steroid dienone is 1. The predicted octanol–water partition coefficient (Wildman–Crippen LogP) is 4.42. The second-order valence-corrected chi connectivity index (χ2v) is 14.0. The number of hydrogen-bond acceptors (Lipinski definition) is 7. The molecular formula is C37H42BrN3O7. The van der Waals surface area contributed by atoms with Crippen molar-refractivity contribution in [3.8, 4) is 0 Å². The summed E-state index contributed by atoms with van der Waals surface area (Å²) in [5, 5.41) is 12.5. The fraction of sp³-hybridized carbons (Fsp3) is 0.459. The number of amides is 3. The molecule has 11 heteroatoms. The zero-order valence-corrected chi connectivity index (χ0v) is 28.9. The van der Waals surface area contributed by atoms with Crippen molar-refractivity contribution in [3.05, 3.63) is 87.9 Å². The molecule has 4 aliphatic heterocycles. The number of esters is 1. The third-order valence-corrected chi connectivity index (χ3v) is 10.5. The number of aryl methyl sites for hydroxylation is 2. The third-order valence-electron chi connectivity index (χ3n) is 9.84. The topological polar surface area (TPSA) is 125 Å². The van der Waals surface area contributed by atoms with Gasteiger partial charge in [-0.25, -0.2) is 0 Å². The lowest BCUT2D eigenvalue weighted by molar-refractivity contribution is -0.145. The fourth-order valence-corrected chi connectivity index (χ4v) is 8.23. The van der Waals surface area contributed by atoms with Crippen molar-refractivity contribution in [3.63, 3.8) is 0 Å². The quantitative estimate of drug-likeness (QED) is 0.247. The highest BCUT2D eigenvalue weighted by Crippen LogP contribution is 2.59. The number of carbonyl (C=O) groups excluding carboxylic acids is 4. The van der Waals surface area contributed by atoms with E-state index in [1.165, 1.54) is 0 Å². The molecule has 4 aliphatic rings. The van der Waals surface area contributed by atoms with Crippen molar-refractivity contribution < 1.29 is 33.8 Å². The van der Waals surface area contributed by atoms with Gasteiger partial charge in [-0.2, -0.15) is 0 Å². The molecule has 0 aliphatic carbocycles. The van der Waals surface area contributed by atoms with E-state index in [9.17, 15) is 19.5 Å². The molecular weight excluding hydrogens is 678 g/mol. The lowest BCUT2D eigenvalue weighted by atomic mass is 9.74. The molecule has 2 aromatic rings.